The van der Waals surface area contributed by atoms with Gasteiger partial charge < -0.3 is 4.74 Å². The third-order valence-electron chi connectivity index (χ3n) is 5.12. The van der Waals surface area contributed by atoms with Crippen LogP contribution in [0.5, 0.6) is 5.75 Å². The Balaban J connectivity index is 1.62. The summed E-state index contributed by atoms with van der Waals surface area (Å²) in [6.45, 7) is 1.56. The van der Waals surface area contributed by atoms with Gasteiger partial charge in [-0.1, -0.05) is 36.4 Å². The highest BCUT2D eigenvalue weighted by Gasteiger charge is 2.28. The molecule has 0 amide bonds. The monoisotopic (exact) mass is 817 g/mol. The SMILES string of the molecule is CC(=O)Cc1c(I)cc(I)c(C(=O)Oc2ccc([S+](c3ccccc3)c3ccccc3)cc2)c1I. The molecular formula is C28H20I3O3S+. The lowest BCUT2D eigenvalue weighted by Crippen LogP contribution is -2.16. The Labute approximate surface area is 248 Å². The van der Waals surface area contributed by atoms with E-state index in [0.717, 1.165) is 21.2 Å². The Morgan fingerprint density at radius 1 is 0.743 bits per heavy atom. The zero-order valence-corrected chi connectivity index (χ0v) is 25.9. The van der Waals surface area contributed by atoms with Gasteiger partial charge in [0.2, 0.25) is 0 Å². The Morgan fingerprint density at radius 3 is 1.77 bits per heavy atom. The molecular weight excluding hydrogens is 797 g/mol. The van der Waals surface area contributed by atoms with Crippen molar-refractivity contribution in [3.63, 3.8) is 0 Å². The van der Waals surface area contributed by atoms with Crippen LogP contribution in [0.15, 0.2) is 106 Å². The van der Waals surface area contributed by atoms with E-state index in [0.29, 0.717) is 17.7 Å². The van der Waals surface area contributed by atoms with Crippen LogP contribution in [0.2, 0.25) is 0 Å². The van der Waals surface area contributed by atoms with Gasteiger partial charge in [0, 0.05) is 17.1 Å². The average Bonchev–Trinajstić information content (AvgIpc) is 2.84. The van der Waals surface area contributed by atoms with Gasteiger partial charge >= 0.3 is 5.97 Å². The number of ether oxygens (including phenoxy) is 1. The zero-order valence-electron chi connectivity index (χ0n) is 18.6. The number of Topliss-reactive ketones (excluding diaryl/α,β-unsaturated/α-hetero) is 1. The van der Waals surface area contributed by atoms with Gasteiger partial charge in [0.1, 0.15) is 11.5 Å². The minimum absolute atomic E-state index is 0.0594. The molecule has 0 N–H and O–H groups in total. The van der Waals surface area contributed by atoms with Crippen molar-refractivity contribution < 1.29 is 14.3 Å². The quantitative estimate of drug-likeness (QED) is 0.0824. The van der Waals surface area contributed by atoms with Crippen LogP contribution in [0.25, 0.3) is 0 Å². The van der Waals surface area contributed by atoms with E-state index in [2.05, 4.69) is 116 Å². The number of rotatable bonds is 7. The number of carbonyl (C=O) groups excluding carboxylic acids is 2. The zero-order chi connectivity index (χ0) is 24.9. The molecule has 4 rings (SSSR count). The third kappa shape index (κ3) is 6.47. The van der Waals surface area contributed by atoms with Crippen LogP contribution in [0.4, 0.5) is 0 Å². The number of esters is 1. The van der Waals surface area contributed by atoms with Gasteiger partial charge in [-0.25, -0.2) is 4.79 Å². The van der Waals surface area contributed by atoms with E-state index < -0.39 is 5.97 Å². The standard InChI is InChI=1S/C28H20I3O3S/c1-18(32)16-23-24(29)17-25(30)26(27(23)31)28(33)34-19-12-14-22(15-13-19)35(20-8-4-2-5-9-20)21-10-6-3-7-11-21/h2-15,17H,16H2,1H3/q+1. The molecule has 0 spiro atoms. The molecule has 4 aromatic carbocycles. The van der Waals surface area contributed by atoms with Gasteiger partial charge in [0.25, 0.3) is 0 Å². The van der Waals surface area contributed by atoms with Crippen molar-refractivity contribution >= 4 is 90.4 Å². The number of carbonyl (C=O) groups is 2. The summed E-state index contributed by atoms with van der Waals surface area (Å²) in [6, 6.07) is 30.5. The van der Waals surface area contributed by atoms with E-state index in [9.17, 15) is 9.59 Å². The van der Waals surface area contributed by atoms with Gasteiger partial charge in [0.05, 0.1) is 16.5 Å². The molecule has 4 aromatic rings. The second-order valence-corrected chi connectivity index (χ2v) is 13.1. The van der Waals surface area contributed by atoms with Crippen molar-refractivity contribution in [3.05, 3.63) is 113 Å². The van der Waals surface area contributed by atoms with E-state index in [1.165, 1.54) is 9.79 Å². The molecule has 0 saturated heterocycles. The molecule has 0 saturated carbocycles. The normalized spacial score (nSPS) is 10.9. The first kappa shape index (κ1) is 26.6. The number of hydrogen-bond donors (Lipinski definition) is 0. The lowest BCUT2D eigenvalue weighted by atomic mass is 10.1. The molecule has 3 nitrogen and oxygen atoms in total. The van der Waals surface area contributed by atoms with Gasteiger partial charge in [-0.2, -0.15) is 0 Å². The summed E-state index contributed by atoms with van der Waals surface area (Å²) in [7, 11) is -0.266. The summed E-state index contributed by atoms with van der Waals surface area (Å²) in [5.74, 6) is 0.128. The van der Waals surface area contributed by atoms with Crippen molar-refractivity contribution in [1.82, 2.24) is 0 Å². The first-order chi connectivity index (χ1) is 16.8. The first-order valence-electron chi connectivity index (χ1n) is 10.7. The lowest BCUT2D eigenvalue weighted by molar-refractivity contribution is -0.116. The second kappa shape index (κ2) is 12.2. The van der Waals surface area contributed by atoms with E-state index in [-0.39, 0.29) is 16.7 Å². The Hall–Kier alpha value is -1.44. The summed E-state index contributed by atoms with van der Waals surface area (Å²) in [5, 5.41) is 0. The highest BCUT2D eigenvalue weighted by Crippen LogP contribution is 2.33. The Morgan fingerprint density at radius 2 is 1.26 bits per heavy atom. The molecule has 0 aliphatic heterocycles. The molecule has 7 heteroatoms. The molecule has 0 radical (unpaired) electrons. The Kier molecular flexibility index (Phi) is 9.28. The van der Waals surface area contributed by atoms with Crippen molar-refractivity contribution in [2.24, 2.45) is 0 Å². The molecule has 0 heterocycles. The fraction of sp³-hybridized carbons (Fsp3) is 0.0714. The molecule has 0 aliphatic rings. The summed E-state index contributed by atoms with van der Waals surface area (Å²) >= 11 is 6.52. The van der Waals surface area contributed by atoms with Gasteiger partial charge in [-0.3, -0.25) is 4.79 Å². The first-order valence-corrected chi connectivity index (χ1v) is 15.1. The van der Waals surface area contributed by atoms with Gasteiger partial charge in [-0.05, 0) is 135 Å². The summed E-state index contributed by atoms with van der Waals surface area (Å²) in [6.07, 6.45) is 0.295. The second-order valence-electron chi connectivity index (χ2n) is 7.68. The van der Waals surface area contributed by atoms with Gasteiger partial charge in [0.15, 0.2) is 14.7 Å². The molecule has 176 valence electrons. The predicted octanol–water partition coefficient (Wildman–Crippen LogP) is 7.95. The maximum atomic E-state index is 13.1. The predicted molar refractivity (Wildman–Crippen MR) is 165 cm³/mol. The highest BCUT2D eigenvalue weighted by molar-refractivity contribution is 14.1. The van der Waals surface area contributed by atoms with Crippen LogP contribution < -0.4 is 4.74 Å². The number of benzene rings is 4. The molecule has 0 aromatic heterocycles. The van der Waals surface area contributed by atoms with Crippen LogP contribution in [0, 0.1) is 10.7 Å². The summed E-state index contributed by atoms with van der Waals surface area (Å²) in [5.41, 5.74) is 1.37. The van der Waals surface area contributed by atoms with E-state index in [4.69, 9.17) is 4.74 Å². The number of ketones is 1. The van der Waals surface area contributed by atoms with Crippen LogP contribution in [-0.2, 0) is 22.1 Å². The third-order valence-corrected chi connectivity index (χ3v) is 10.4. The van der Waals surface area contributed by atoms with Crippen LogP contribution in [0.3, 0.4) is 0 Å². The molecule has 0 unspecified atom stereocenters. The fourth-order valence-electron chi connectivity index (χ4n) is 3.55. The molecule has 0 bridgehead atoms. The minimum atomic E-state index is -0.419. The average molecular weight is 817 g/mol. The minimum Gasteiger partial charge on any atom is -0.423 e. The van der Waals surface area contributed by atoms with E-state index in [1.807, 2.05) is 42.5 Å². The topological polar surface area (TPSA) is 43.4 Å². The van der Waals surface area contributed by atoms with E-state index >= 15 is 0 Å². The Bertz CT molecular complexity index is 1320. The van der Waals surface area contributed by atoms with Gasteiger partial charge in [-0.15, -0.1) is 0 Å². The summed E-state index contributed by atoms with van der Waals surface area (Å²) in [4.78, 5) is 28.5. The van der Waals surface area contributed by atoms with Crippen molar-refractivity contribution in [2.75, 3.05) is 0 Å². The maximum absolute atomic E-state index is 13.1. The largest absolute Gasteiger partial charge is 0.423 e. The van der Waals surface area contributed by atoms with Crippen LogP contribution >= 0.6 is 67.8 Å². The van der Waals surface area contributed by atoms with Crippen LogP contribution in [-0.4, -0.2) is 11.8 Å². The van der Waals surface area contributed by atoms with Crippen molar-refractivity contribution in [1.29, 1.82) is 0 Å². The molecule has 0 atom stereocenters. The smallest absolute Gasteiger partial charge is 0.345 e. The fourth-order valence-corrected chi connectivity index (χ4v) is 9.83. The number of hydrogen-bond acceptors (Lipinski definition) is 3. The molecule has 0 fully saturated rings. The van der Waals surface area contributed by atoms with E-state index in [1.54, 1.807) is 6.92 Å². The van der Waals surface area contributed by atoms with Crippen molar-refractivity contribution in [3.8, 4) is 5.75 Å². The molecule has 0 aliphatic carbocycles. The van der Waals surface area contributed by atoms with Crippen molar-refractivity contribution in [2.45, 2.75) is 28.0 Å². The summed E-state index contributed by atoms with van der Waals surface area (Å²) < 4.78 is 8.32. The maximum Gasteiger partial charge on any atom is 0.345 e. The highest BCUT2D eigenvalue weighted by atomic mass is 127. The van der Waals surface area contributed by atoms with Crippen LogP contribution in [0.1, 0.15) is 22.8 Å². The number of halogens is 3. The lowest BCUT2D eigenvalue weighted by Gasteiger charge is -2.13. The molecule has 35 heavy (non-hydrogen) atoms.